The molecule has 3 heterocycles. The van der Waals surface area contributed by atoms with Crippen molar-refractivity contribution in [3.8, 4) is 17.2 Å². The van der Waals surface area contributed by atoms with Gasteiger partial charge in [-0.05, 0) is 81.0 Å². The largest absolute Gasteiger partial charge is 0.489 e. The highest BCUT2D eigenvalue weighted by Gasteiger charge is 2.36. The molecule has 0 aliphatic carbocycles. The first-order valence-electron chi connectivity index (χ1n) is 13.4. The van der Waals surface area contributed by atoms with Crippen LogP contribution in [-0.4, -0.2) is 66.3 Å². The third-order valence-corrected chi connectivity index (χ3v) is 8.34. The maximum Gasteiger partial charge on any atom is 0.291 e. The SMILES string of the molecule is Cc1c(C)c2c(c(C)c1OCC(=O)N1CCOCC1)CCC(C)(COc1ccc(C=C3NC(=O)SC3=O)cc1)O2. The molecule has 2 aromatic carbocycles. The van der Waals surface area contributed by atoms with E-state index in [9.17, 15) is 14.4 Å². The second-order valence-corrected chi connectivity index (χ2v) is 11.5. The molecular weight excluding hydrogens is 532 g/mol. The summed E-state index contributed by atoms with van der Waals surface area (Å²) in [5.74, 6) is 2.28. The van der Waals surface area contributed by atoms with Gasteiger partial charge in [0, 0.05) is 30.4 Å². The minimum Gasteiger partial charge on any atom is -0.489 e. The van der Waals surface area contributed by atoms with Crippen molar-refractivity contribution in [3.05, 3.63) is 57.8 Å². The summed E-state index contributed by atoms with van der Waals surface area (Å²) in [5.41, 5.74) is 4.64. The molecule has 5 rings (SSSR count). The number of hydrogen-bond acceptors (Lipinski definition) is 8. The van der Waals surface area contributed by atoms with Crippen molar-refractivity contribution >= 4 is 34.1 Å². The number of benzene rings is 2. The monoisotopic (exact) mass is 566 g/mol. The van der Waals surface area contributed by atoms with E-state index in [1.807, 2.05) is 45.0 Å². The first-order chi connectivity index (χ1) is 19.1. The number of hydrogen-bond donors (Lipinski definition) is 1. The van der Waals surface area contributed by atoms with Crippen molar-refractivity contribution in [1.29, 1.82) is 0 Å². The Morgan fingerprint density at radius 1 is 1.07 bits per heavy atom. The number of carbonyl (C=O) groups excluding carboxylic acids is 3. The normalized spacial score (nSPS) is 21.6. The van der Waals surface area contributed by atoms with Crippen LogP contribution < -0.4 is 19.5 Å². The number of amides is 2. The fourth-order valence-electron chi connectivity index (χ4n) is 5.12. The first-order valence-corrected chi connectivity index (χ1v) is 14.2. The molecule has 3 aliphatic rings. The third kappa shape index (κ3) is 5.97. The zero-order chi connectivity index (χ0) is 28.4. The lowest BCUT2D eigenvalue weighted by atomic mass is 9.87. The average Bonchev–Trinajstić information content (AvgIpc) is 3.27. The van der Waals surface area contributed by atoms with Crippen LogP contribution in [0, 0.1) is 20.8 Å². The molecule has 0 spiro atoms. The molecule has 0 aromatic heterocycles. The average molecular weight is 567 g/mol. The predicted octanol–water partition coefficient (Wildman–Crippen LogP) is 4.34. The molecule has 10 heteroatoms. The minimum absolute atomic E-state index is 0.00607. The van der Waals surface area contributed by atoms with E-state index in [-0.39, 0.29) is 28.6 Å². The second kappa shape index (κ2) is 11.5. The smallest absolute Gasteiger partial charge is 0.291 e. The number of fused-ring (bicyclic) bond motifs is 1. The molecule has 212 valence electrons. The number of nitrogens with zero attached hydrogens (tertiary/aromatic N) is 1. The fraction of sp³-hybridized carbons (Fsp3) is 0.433. The van der Waals surface area contributed by atoms with Gasteiger partial charge in [0.05, 0.1) is 18.9 Å². The highest BCUT2D eigenvalue weighted by atomic mass is 32.2. The molecule has 9 nitrogen and oxygen atoms in total. The topological polar surface area (TPSA) is 103 Å². The summed E-state index contributed by atoms with van der Waals surface area (Å²) in [7, 11) is 0. The van der Waals surface area contributed by atoms with Crippen LogP contribution in [0.3, 0.4) is 0 Å². The lowest BCUT2D eigenvalue weighted by Gasteiger charge is -2.38. The molecular formula is C30H34N2O7S. The lowest BCUT2D eigenvalue weighted by molar-refractivity contribution is -0.137. The van der Waals surface area contributed by atoms with Gasteiger partial charge in [0.1, 0.15) is 29.5 Å². The lowest BCUT2D eigenvalue weighted by Crippen LogP contribution is -2.43. The van der Waals surface area contributed by atoms with Gasteiger partial charge in [-0.25, -0.2) is 0 Å². The van der Waals surface area contributed by atoms with E-state index >= 15 is 0 Å². The zero-order valence-corrected chi connectivity index (χ0v) is 24.1. The molecule has 2 fully saturated rings. The maximum atomic E-state index is 12.6. The summed E-state index contributed by atoms with van der Waals surface area (Å²) < 4.78 is 24.1. The summed E-state index contributed by atoms with van der Waals surface area (Å²) in [6.45, 7) is 10.8. The molecule has 40 heavy (non-hydrogen) atoms. The van der Waals surface area contributed by atoms with Crippen LogP contribution in [0.2, 0.25) is 0 Å². The predicted molar refractivity (Wildman–Crippen MR) is 152 cm³/mol. The molecule has 0 bridgehead atoms. The van der Waals surface area contributed by atoms with Crippen LogP contribution in [0.4, 0.5) is 4.79 Å². The molecule has 2 saturated heterocycles. The van der Waals surface area contributed by atoms with Crippen LogP contribution in [0.25, 0.3) is 6.08 Å². The van der Waals surface area contributed by atoms with Gasteiger partial charge in [0.2, 0.25) is 5.12 Å². The summed E-state index contributed by atoms with van der Waals surface area (Å²) in [6, 6.07) is 7.35. The van der Waals surface area contributed by atoms with Crippen LogP contribution in [0.15, 0.2) is 30.0 Å². The Bertz CT molecular complexity index is 1370. The van der Waals surface area contributed by atoms with Gasteiger partial charge >= 0.3 is 0 Å². The quantitative estimate of drug-likeness (QED) is 0.494. The Kier molecular flexibility index (Phi) is 8.09. The summed E-state index contributed by atoms with van der Waals surface area (Å²) in [5, 5.41) is 1.91. The van der Waals surface area contributed by atoms with Crippen molar-refractivity contribution in [2.75, 3.05) is 39.5 Å². The van der Waals surface area contributed by atoms with Crippen LogP contribution in [-0.2, 0) is 20.7 Å². The van der Waals surface area contributed by atoms with Crippen molar-refractivity contribution in [1.82, 2.24) is 10.2 Å². The van der Waals surface area contributed by atoms with Gasteiger partial charge in [-0.1, -0.05) is 12.1 Å². The minimum atomic E-state index is -0.524. The van der Waals surface area contributed by atoms with Crippen molar-refractivity contribution in [2.24, 2.45) is 0 Å². The van der Waals surface area contributed by atoms with Gasteiger partial charge in [0.15, 0.2) is 6.61 Å². The van der Waals surface area contributed by atoms with E-state index in [4.69, 9.17) is 18.9 Å². The Hall–Kier alpha value is -3.50. The zero-order valence-electron chi connectivity index (χ0n) is 23.3. The van der Waals surface area contributed by atoms with Gasteiger partial charge in [0.25, 0.3) is 11.1 Å². The molecule has 1 unspecified atom stereocenters. The first kappa shape index (κ1) is 28.0. The van der Waals surface area contributed by atoms with E-state index in [0.717, 1.165) is 52.2 Å². The number of nitrogens with one attached hydrogen (secondary N) is 1. The summed E-state index contributed by atoms with van der Waals surface area (Å²) in [4.78, 5) is 37.6. The molecule has 2 aromatic rings. The number of carbonyl (C=O) groups is 3. The Morgan fingerprint density at radius 2 is 1.80 bits per heavy atom. The van der Waals surface area contributed by atoms with Crippen LogP contribution >= 0.6 is 11.8 Å². The van der Waals surface area contributed by atoms with Crippen LogP contribution in [0.1, 0.15) is 41.2 Å². The molecule has 0 saturated carbocycles. The van der Waals surface area contributed by atoms with E-state index < -0.39 is 5.60 Å². The summed E-state index contributed by atoms with van der Waals surface area (Å²) >= 11 is 0.660. The highest BCUT2D eigenvalue weighted by Crippen LogP contribution is 2.44. The van der Waals surface area contributed by atoms with E-state index in [1.165, 1.54) is 0 Å². The van der Waals surface area contributed by atoms with E-state index in [2.05, 4.69) is 12.2 Å². The van der Waals surface area contributed by atoms with Gasteiger partial charge in [-0.15, -0.1) is 0 Å². The third-order valence-electron chi connectivity index (χ3n) is 7.64. The summed E-state index contributed by atoms with van der Waals surface area (Å²) in [6.07, 6.45) is 3.22. The Morgan fingerprint density at radius 3 is 2.48 bits per heavy atom. The fourth-order valence-corrected chi connectivity index (χ4v) is 5.67. The molecule has 1 N–H and O–H groups in total. The van der Waals surface area contributed by atoms with Crippen LogP contribution in [0.5, 0.6) is 17.2 Å². The maximum absolute atomic E-state index is 12.6. The van der Waals surface area contributed by atoms with E-state index in [0.29, 0.717) is 50.4 Å². The number of thioether (sulfide) groups is 1. The molecule has 2 amide bonds. The van der Waals surface area contributed by atoms with Crippen molar-refractivity contribution < 1.29 is 33.3 Å². The van der Waals surface area contributed by atoms with Gasteiger partial charge in [-0.2, -0.15) is 0 Å². The molecule has 3 aliphatic heterocycles. The Labute approximate surface area is 238 Å². The number of rotatable bonds is 7. The van der Waals surface area contributed by atoms with Crippen molar-refractivity contribution in [2.45, 2.75) is 46.1 Å². The van der Waals surface area contributed by atoms with Crippen molar-refractivity contribution in [3.63, 3.8) is 0 Å². The molecule has 0 radical (unpaired) electrons. The standard InChI is InChI=1S/C30H34N2O7S/c1-18-19(2)27-23(20(3)26(18)37-16-25(33)32-11-13-36-14-12-32)9-10-30(4,39-27)17-38-22-7-5-21(6-8-22)15-24-28(34)40-29(35)31-24/h5-8,15H,9-14,16-17H2,1-4H3,(H,31,35). The van der Waals surface area contributed by atoms with E-state index in [1.54, 1.807) is 11.0 Å². The van der Waals surface area contributed by atoms with Gasteiger partial charge in [-0.3, -0.25) is 14.4 Å². The number of ether oxygens (including phenoxy) is 4. The Balaban J connectivity index is 1.23. The second-order valence-electron chi connectivity index (χ2n) is 10.6. The van der Waals surface area contributed by atoms with Gasteiger partial charge < -0.3 is 29.2 Å². The molecule has 1 atom stereocenters. The highest BCUT2D eigenvalue weighted by molar-refractivity contribution is 8.27. The number of morpholine rings is 1.